The van der Waals surface area contributed by atoms with Gasteiger partial charge in [-0.1, -0.05) is 391 Å². The Morgan fingerprint density at radius 2 is 0.588 bits per heavy atom. The number of ether oxygens (including phenoxy) is 1. The molecule has 0 fully saturated rings. The Kier molecular flexibility index (Phi) is 72.9. The number of allylic oxidation sites excluding steroid dienone is 5. The Labute approximate surface area is 532 Å². The number of aliphatic hydroxyl groups excluding tert-OH is 2. The SMILES string of the molecule is CCCCC/C=C\C/C=C\CCCCCCCC(=O)OCCCCCCCCCCCCCCCCCCCCCCCCCCCCCCCCCCC(=O)NC(CO)C(O)/C=C/CCCCCCCCCCCCCCCCCCCCC. The van der Waals surface area contributed by atoms with Gasteiger partial charge in [0.25, 0.3) is 0 Å². The van der Waals surface area contributed by atoms with Gasteiger partial charge in [-0.25, -0.2) is 0 Å². The van der Waals surface area contributed by atoms with Crippen LogP contribution in [0.1, 0.15) is 431 Å². The van der Waals surface area contributed by atoms with E-state index in [1.54, 1.807) is 6.08 Å². The molecule has 0 saturated carbocycles. The molecule has 0 aliphatic carbocycles. The van der Waals surface area contributed by atoms with Gasteiger partial charge in [0.05, 0.1) is 25.4 Å². The highest BCUT2D eigenvalue weighted by Gasteiger charge is 2.18. The van der Waals surface area contributed by atoms with Crippen LogP contribution in [0.25, 0.3) is 0 Å². The normalized spacial score (nSPS) is 12.7. The molecule has 0 aromatic heterocycles. The third-order valence-electron chi connectivity index (χ3n) is 18.2. The van der Waals surface area contributed by atoms with E-state index in [0.29, 0.717) is 19.4 Å². The van der Waals surface area contributed by atoms with Gasteiger partial charge in [0.2, 0.25) is 5.91 Å². The lowest BCUT2D eigenvalue weighted by Gasteiger charge is -2.20. The minimum Gasteiger partial charge on any atom is -0.466 e. The molecule has 0 aliphatic rings. The van der Waals surface area contributed by atoms with Crippen LogP contribution in [0.15, 0.2) is 36.5 Å². The third-order valence-corrected chi connectivity index (χ3v) is 18.2. The summed E-state index contributed by atoms with van der Waals surface area (Å²) < 4.78 is 5.49. The average Bonchev–Trinajstić information content (AvgIpc) is 3.51. The van der Waals surface area contributed by atoms with Gasteiger partial charge in [0, 0.05) is 12.8 Å². The number of amides is 1. The Morgan fingerprint density at radius 1 is 0.329 bits per heavy atom. The first kappa shape index (κ1) is 83.1. The quantitative estimate of drug-likeness (QED) is 0.0320. The molecule has 6 nitrogen and oxygen atoms in total. The summed E-state index contributed by atoms with van der Waals surface area (Å²) in [5.41, 5.74) is 0. The molecule has 0 aromatic rings. The maximum absolute atomic E-state index is 12.5. The summed E-state index contributed by atoms with van der Waals surface area (Å²) in [7, 11) is 0. The zero-order valence-corrected chi connectivity index (χ0v) is 57.6. The fraction of sp³-hybridized carbons (Fsp3) is 0.899. The number of hydrogen-bond acceptors (Lipinski definition) is 5. The summed E-state index contributed by atoms with van der Waals surface area (Å²) in [6.07, 6.45) is 96.9. The molecular weight excluding hydrogens is 1040 g/mol. The van der Waals surface area contributed by atoms with Gasteiger partial charge in [0.1, 0.15) is 0 Å². The van der Waals surface area contributed by atoms with Crippen molar-refractivity contribution in [1.29, 1.82) is 0 Å². The highest BCUT2D eigenvalue weighted by Crippen LogP contribution is 2.20. The fourth-order valence-corrected chi connectivity index (χ4v) is 12.3. The van der Waals surface area contributed by atoms with Crippen molar-refractivity contribution < 1.29 is 24.5 Å². The zero-order chi connectivity index (χ0) is 61.3. The number of esters is 1. The summed E-state index contributed by atoms with van der Waals surface area (Å²) in [6.45, 7) is 4.92. The van der Waals surface area contributed by atoms with E-state index < -0.39 is 12.1 Å². The third kappa shape index (κ3) is 71.0. The molecule has 0 bridgehead atoms. The van der Waals surface area contributed by atoms with E-state index in [9.17, 15) is 19.8 Å². The smallest absolute Gasteiger partial charge is 0.305 e. The molecular formula is C79H151NO5. The van der Waals surface area contributed by atoms with Crippen molar-refractivity contribution in [2.75, 3.05) is 13.2 Å². The molecule has 0 heterocycles. The molecule has 2 unspecified atom stereocenters. The van der Waals surface area contributed by atoms with Crippen LogP contribution in [0.5, 0.6) is 0 Å². The second kappa shape index (κ2) is 74.5. The second-order valence-electron chi connectivity index (χ2n) is 26.7. The van der Waals surface area contributed by atoms with Crippen molar-refractivity contribution in [3.05, 3.63) is 36.5 Å². The van der Waals surface area contributed by atoms with Crippen molar-refractivity contribution in [3.63, 3.8) is 0 Å². The highest BCUT2D eigenvalue weighted by molar-refractivity contribution is 5.76. The first-order chi connectivity index (χ1) is 42.0. The van der Waals surface area contributed by atoms with E-state index in [-0.39, 0.29) is 18.5 Å². The summed E-state index contributed by atoms with van der Waals surface area (Å²) in [4.78, 5) is 24.6. The predicted octanol–water partition coefficient (Wildman–Crippen LogP) is 25.4. The number of aliphatic hydroxyl groups is 2. The molecule has 0 rings (SSSR count). The minimum atomic E-state index is -0.842. The van der Waals surface area contributed by atoms with Crippen molar-refractivity contribution >= 4 is 11.9 Å². The van der Waals surface area contributed by atoms with Gasteiger partial charge in [0.15, 0.2) is 0 Å². The van der Waals surface area contributed by atoms with Gasteiger partial charge in [-0.15, -0.1) is 0 Å². The Hall–Kier alpha value is -1.92. The molecule has 0 saturated heterocycles. The number of carbonyl (C=O) groups excluding carboxylic acids is 2. The molecule has 0 aliphatic heterocycles. The van der Waals surface area contributed by atoms with E-state index in [1.165, 1.54) is 353 Å². The maximum atomic E-state index is 12.5. The van der Waals surface area contributed by atoms with Crippen LogP contribution in [0.2, 0.25) is 0 Å². The lowest BCUT2D eigenvalue weighted by molar-refractivity contribution is -0.143. The monoisotopic (exact) mass is 1190 g/mol. The van der Waals surface area contributed by atoms with Crippen LogP contribution in [-0.4, -0.2) is 47.4 Å². The number of carbonyl (C=O) groups is 2. The van der Waals surface area contributed by atoms with Gasteiger partial charge in [-0.3, -0.25) is 9.59 Å². The number of nitrogens with one attached hydrogen (secondary N) is 1. The van der Waals surface area contributed by atoms with Crippen LogP contribution >= 0.6 is 0 Å². The molecule has 0 aromatic carbocycles. The lowest BCUT2D eigenvalue weighted by atomic mass is 10.0. The molecule has 6 heteroatoms. The van der Waals surface area contributed by atoms with E-state index in [1.807, 2.05) is 6.08 Å². The largest absolute Gasteiger partial charge is 0.466 e. The van der Waals surface area contributed by atoms with Crippen molar-refractivity contribution in [2.45, 2.75) is 443 Å². The minimum absolute atomic E-state index is 0.00748. The number of hydrogen-bond donors (Lipinski definition) is 3. The van der Waals surface area contributed by atoms with Crippen molar-refractivity contribution in [2.24, 2.45) is 0 Å². The van der Waals surface area contributed by atoms with E-state index in [0.717, 1.165) is 51.4 Å². The maximum Gasteiger partial charge on any atom is 0.305 e. The number of rotatable bonds is 73. The first-order valence-electron chi connectivity index (χ1n) is 38.8. The Bertz CT molecular complexity index is 1380. The Balaban J connectivity index is 3.35. The summed E-state index contributed by atoms with van der Waals surface area (Å²) in [5.74, 6) is -0.0517. The number of unbranched alkanes of at least 4 members (excludes halogenated alkanes) is 58. The van der Waals surface area contributed by atoms with E-state index in [4.69, 9.17) is 4.74 Å². The first-order valence-corrected chi connectivity index (χ1v) is 38.8. The molecule has 3 N–H and O–H groups in total. The van der Waals surface area contributed by atoms with Gasteiger partial charge >= 0.3 is 5.97 Å². The van der Waals surface area contributed by atoms with E-state index >= 15 is 0 Å². The molecule has 85 heavy (non-hydrogen) atoms. The summed E-state index contributed by atoms with van der Waals surface area (Å²) >= 11 is 0. The summed E-state index contributed by atoms with van der Waals surface area (Å²) in [5, 5.41) is 23.3. The van der Waals surface area contributed by atoms with Crippen LogP contribution in [0.4, 0.5) is 0 Å². The van der Waals surface area contributed by atoms with Gasteiger partial charge in [-0.05, 0) is 64.2 Å². The molecule has 0 spiro atoms. The molecule has 0 radical (unpaired) electrons. The predicted molar refractivity (Wildman–Crippen MR) is 375 cm³/mol. The van der Waals surface area contributed by atoms with Gasteiger partial charge < -0.3 is 20.3 Å². The van der Waals surface area contributed by atoms with E-state index in [2.05, 4.69) is 43.5 Å². The summed E-state index contributed by atoms with van der Waals surface area (Å²) in [6, 6.07) is -0.626. The van der Waals surface area contributed by atoms with Crippen LogP contribution < -0.4 is 5.32 Å². The fourth-order valence-electron chi connectivity index (χ4n) is 12.3. The Morgan fingerprint density at radius 3 is 0.918 bits per heavy atom. The van der Waals surface area contributed by atoms with Gasteiger partial charge in [-0.2, -0.15) is 0 Å². The zero-order valence-electron chi connectivity index (χ0n) is 57.6. The lowest BCUT2D eigenvalue weighted by Crippen LogP contribution is -2.45. The highest BCUT2D eigenvalue weighted by atomic mass is 16.5. The van der Waals surface area contributed by atoms with Crippen LogP contribution in [0.3, 0.4) is 0 Å². The molecule has 2 atom stereocenters. The standard InChI is InChI=1S/C79H151NO5/c1-3-5-7-9-11-13-15-17-19-20-21-34-37-40-44-47-51-55-59-63-67-71-77(82)76(75-81)80-78(83)72-68-64-60-56-52-48-45-41-38-35-32-30-28-26-24-22-23-25-27-29-31-33-36-39-42-46-50-54-58-62-66-70-74-85-79(84)73-69-65-61-57-53-49-43-18-16-14-12-10-8-6-4-2/h12,14,18,43,67,71,76-77,81-82H,3-11,13,15-17,19-42,44-66,68-70,72-75H2,1-2H3,(H,80,83)/b14-12-,43-18-,71-67+. The molecule has 1 amide bonds. The molecule has 502 valence electrons. The van der Waals surface area contributed by atoms with Crippen molar-refractivity contribution in [1.82, 2.24) is 5.32 Å². The van der Waals surface area contributed by atoms with Crippen LogP contribution in [-0.2, 0) is 14.3 Å². The average molecular weight is 1200 g/mol. The second-order valence-corrected chi connectivity index (χ2v) is 26.7. The van der Waals surface area contributed by atoms with Crippen molar-refractivity contribution in [3.8, 4) is 0 Å². The topological polar surface area (TPSA) is 95.9 Å². The van der Waals surface area contributed by atoms with Crippen LogP contribution in [0, 0.1) is 0 Å².